The number of rotatable bonds is 7. The van der Waals surface area contributed by atoms with Gasteiger partial charge in [-0.2, -0.15) is 8.42 Å². The highest BCUT2D eigenvalue weighted by Crippen LogP contribution is 2.06. The maximum Gasteiger partial charge on any atom is 0.397 e. The summed E-state index contributed by atoms with van der Waals surface area (Å²) in [6.07, 6.45) is -0.734. The lowest BCUT2D eigenvalue weighted by Crippen LogP contribution is -2.45. The fourth-order valence-electron chi connectivity index (χ4n) is 1.20. The topological polar surface area (TPSA) is 89.9 Å². The van der Waals surface area contributed by atoms with Crippen LogP contribution >= 0.6 is 0 Å². The van der Waals surface area contributed by atoms with E-state index in [2.05, 4.69) is 4.18 Å². The monoisotopic (exact) mass is 284 g/mol. The molecule has 0 aromatic heterocycles. The third-order valence-electron chi connectivity index (χ3n) is 1.91. The molecular formula is C10H22NO6S+. The lowest BCUT2D eigenvalue weighted by molar-refractivity contribution is -0.873. The van der Waals surface area contributed by atoms with Crippen molar-refractivity contribution in [2.24, 2.45) is 5.92 Å². The summed E-state index contributed by atoms with van der Waals surface area (Å²) in [5.74, 6) is -0.752. The van der Waals surface area contributed by atoms with E-state index in [9.17, 15) is 13.2 Å². The zero-order valence-corrected chi connectivity index (χ0v) is 12.2. The SMILES string of the molecule is CC(C)C(=O)OC(COS(=O)(=O)O)C[N+](C)(C)C. The van der Waals surface area contributed by atoms with E-state index in [0.717, 1.165) is 0 Å². The molecular weight excluding hydrogens is 262 g/mol. The van der Waals surface area contributed by atoms with Gasteiger partial charge in [-0.3, -0.25) is 9.35 Å². The lowest BCUT2D eigenvalue weighted by atomic mass is 10.2. The van der Waals surface area contributed by atoms with E-state index in [1.165, 1.54) is 0 Å². The molecule has 1 N–H and O–H groups in total. The fourth-order valence-corrected chi connectivity index (χ4v) is 1.52. The van der Waals surface area contributed by atoms with Crippen molar-refractivity contribution < 1.29 is 31.2 Å². The summed E-state index contributed by atoms with van der Waals surface area (Å²) in [6, 6.07) is 0. The molecule has 0 heterocycles. The summed E-state index contributed by atoms with van der Waals surface area (Å²) in [7, 11) is 1.07. The van der Waals surface area contributed by atoms with Gasteiger partial charge in [0.15, 0.2) is 6.10 Å². The van der Waals surface area contributed by atoms with Crippen molar-refractivity contribution in [1.29, 1.82) is 0 Å². The minimum Gasteiger partial charge on any atom is -0.454 e. The van der Waals surface area contributed by atoms with E-state index in [0.29, 0.717) is 11.0 Å². The van der Waals surface area contributed by atoms with Gasteiger partial charge in [0.2, 0.25) is 0 Å². The summed E-state index contributed by atoms with van der Waals surface area (Å²) in [5.41, 5.74) is 0. The molecule has 18 heavy (non-hydrogen) atoms. The summed E-state index contributed by atoms with van der Waals surface area (Å²) >= 11 is 0. The van der Waals surface area contributed by atoms with E-state index in [1.807, 2.05) is 21.1 Å². The first-order chi connectivity index (χ1) is 7.91. The molecule has 0 radical (unpaired) electrons. The van der Waals surface area contributed by atoms with Gasteiger partial charge in [0, 0.05) is 0 Å². The van der Waals surface area contributed by atoms with Crippen LogP contribution in [0.4, 0.5) is 0 Å². The van der Waals surface area contributed by atoms with E-state index >= 15 is 0 Å². The van der Waals surface area contributed by atoms with E-state index in [4.69, 9.17) is 9.29 Å². The van der Waals surface area contributed by atoms with Gasteiger partial charge < -0.3 is 9.22 Å². The first-order valence-electron chi connectivity index (χ1n) is 5.53. The van der Waals surface area contributed by atoms with Crippen LogP contribution in [0.2, 0.25) is 0 Å². The zero-order chi connectivity index (χ0) is 14.6. The van der Waals surface area contributed by atoms with Gasteiger partial charge in [0.25, 0.3) is 0 Å². The fraction of sp³-hybridized carbons (Fsp3) is 0.900. The number of ether oxygens (including phenoxy) is 1. The molecule has 0 aromatic carbocycles. The normalized spacial score (nSPS) is 14.6. The van der Waals surface area contributed by atoms with Crippen molar-refractivity contribution in [1.82, 2.24) is 0 Å². The number of carbonyl (C=O) groups excluding carboxylic acids is 1. The zero-order valence-electron chi connectivity index (χ0n) is 11.4. The van der Waals surface area contributed by atoms with E-state index < -0.39 is 29.1 Å². The van der Waals surface area contributed by atoms with Crippen LogP contribution in [-0.4, -0.2) is 63.8 Å². The van der Waals surface area contributed by atoms with Gasteiger partial charge in [-0.15, -0.1) is 0 Å². The van der Waals surface area contributed by atoms with Gasteiger partial charge in [-0.05, 0) is 0 Å². The Kier molecular flexibility index (Phi) is 6.21. The number of quaternary nitrogens is 1. The number of esters is 1. The number of hydrogen-bond acceptors (Lipinski definition) is 5. The van der Waals surface area contributed by atoms with Gasteiger partial charge >= 0.3 is 16.4 Å². The highest BCUT2D eigenvalue weighted by molar-refractivity contribution is 7.80. The van der Waals surface area contributed by atoms with Crippen molar-refractivity contribution >= 4 is 16.4 Å². The molecule has 1 atom stereocenters. The van der Waals surface area contributed by atoms with E-state index in [-0.39, 0.29) is 5.92 Å². The Morgan fingerprint density at radius 1 is 1.28 bits per heavy atom. The molecule has 0 saturated heterocycles. The molecule has 0 aliphatic rings. The van der Waals surface area contributed by atoms with Gasteiger partial charge in [0.05, 0.1) is 27.1 Å². The Bertz CT molecular complexity index is 370. The van der Waals surface area contributed by atoms with Crippen LogP contribution in [0, 0.1) is 5.92 Å². The molecule has 0 amide bonds. The van der Waals surface area contributed by atoms with Crippen molar-refractivity contribution in [2.75, 3.05) is 34.3 Å². The van der Waals surface area contributed by atoms with Crippen LogP contribution in [0.25, 0.3) is 0 Å². The summed E-state index contributed by atoms with van der Waals surface area (Å²) in [5, 5.41) is 0. The summed E-state index contributed by atoms with van der Waals surface area (Å²) in [4.78, 5) is 11.5. The molecule has 0 aliphatic carbocycles. The van der Waals surface area contributed by atoms with Crippen LogP contribution in [0.5, 0.6) is 0 Å². The smallest absolute Gasteiger partial charge is 0.397 e. The van der Waals surface area contributed by atoms with Crippen LogP contribution in [0.1, 0.15) is 13.8 Å². The maximum atomic E-state index is 11.5. The molecule has 8 heteroatoms. The second-order valence-corrected chi connectivity index (χ2v) is 6.49. The summed E-state index contributed by atoms with van der Waals surface area (Å²) in [6.45, 7) is 3.32. The number of likely N-dealkylation sites (N-methyl/N-ethyl adjacent to an activating group) is 1. The Hall–Kier alpha value is -0.700. The molecule has 1 unspecified atom stereocenters. The molecule has 0 aromatic rings. The standard InChI is InChI=1S/C10H21NO6S/c1-8(2)10(12)17-9(6-11(3,4)5)7-16-18(13,14)15/h8-9H,6-7H2,1-5H3/p+1. The first kappa shape index (κ1) is 17.3. The highest BCUT2D eigenvalue weighted by Gasteiger charge is 2.25. The average molecular weight is 284 g/mol. The largest absolute Gasteiger partial charge is 0.454 e. The minimum atomic E-state index is -4.53. The predicted octanol–water partition coefficient (Wildman–Crippen LogP) is 0.0798. The molecule has 0 aliphatic heterocycles. The molecule has 0 saturated carbocycles. The van der Waals surface area contributed by atoms with Gasteiger partial charge in [0.1, 0.15) is 13.2 Å². The number of hydrogen-bond donors (Lipinski definition) is 1. The second kappa shape index (κ2) is 6.46. The molecule has 0 spiro atoms. The molecule has 0 rings (SSSR count). The minimum absolute atomic E-state index is 0.314. The second-order valence-electron chi connectivity index (χ2n) is 5.40. The van der Waals surface area contributed by atoms with Gasteiger partial charge in [-0.25, -0.2) is 4.18 Å². The maximum absolute atomic E-state index is 11.5. The predicted molar refractivity (Wildman–Crippen MR) is 65.1 cm³/mol. The molecule has 7 nitrogen and oxygen atoms in total. The first-order valence-corrected chi connectivity index (χ1v) is 6.90. The van der Waals surface area contributed by atoms with Crippen molar-refractivity contribution in [2.45, 2.75) is 20.0 Å². The van der Waals surface area contributed by atoms with Crippen LogP contribution in [-0.2, 0) is 24.1 Å². The van der Waals surface area contributed by atoms with Crippen molar-refractivity contribution in [3.05, 3.63) is 0 Å². The molecule has 0 fully saturated rings. The Morgan fingerprint density at radius 3 is 2.11 bits per heavy atom. The number of carbonyl (C=O) groups is 1. The van der Waals surface area contributed by atoms with Gasteiger partial charge in [-0.1, -0.05) is 13.8 Å². The highest BCUT2D eigenvalue weighted by atomic mass is 32.3. The summed E-state index contributed by atoms with van der Waals surface area (Å²) < 4.78 is 39.4. The van der Waals surface area contributed by atoms with Crippen molar-refractivity contribution in [3.8, 4) is 0 Å². The quantitative estimate of drug-likeness (QED) is 0.404. The van der Waals surface area contributed by atoms with Crippen LogP contribution < -0.4 is 0 Å². The number of nitrogens with zero attached hydrogens (tertiary/aromatic N) is 1. The van der Waals surface area contributed by atoms with Crippen molar-refractivity contribution in [3.63, 3.8) is 0 Å². The molecule has 0 bridgehead atoms. The van der Waals surface area contributed by atoms with Crippen LogP contribution in [0.3, 0.4) is 0 Å². The van der Waals surface area contributed by atoms with E-state index in [1.54, 1.807) is 13.8 Å². The third-order valence-corrected chi connectivity index (χ3v) is 2.34. The Balaban J connectivity index is 4.58. The molecule has 108 valence electrons. The average Bonchev–Trinajstić information content (AvgIpc) is 2.10. The van der Waals surface area contributed by atoms with Crippen LogP contribution in [0.15, 0.2) is 0 Å². The Labute approximate surface area is 108 Å². The Morgan fingerprint density at radius 2 is 1.78 bits per heavy atom. The lowest BCUT2D eigenvalue weighted by Gasteiger charge is -2.28. The third kappa shape index (κ3) is 9.34.